The van der Waals surface area contributed by atoms with E-state index in [0.717, 1.165) is 28.4 Å². The molecule has 1 aromatic heterocycles. The molecule has 1 heterocycles. The third-order valence-electron chi connectivity index (χ3n) is 3.81. The van der Waals surface area contributed by atoms with Crippen LogP contribution in [0.1, 0.15) is 30.3 Å². The number of nitrogens with zero attached hydrogens (tertiary/aromatic N) is 3. The van der Waals surface area contributed by atoms with Crippen molar-refractivity contribution in [2.24, 2.45) is 0 Å². The molecule has 126 valence electrons. The van der Waals surface area contributed by atoms with Gasteiger partial charge in [0, 0.05) is 18.2 Å². The minimum Gasteiger partial charge on any atom is -0.497 e. The summed E-state index contributed by atoms with van der Waals surface area (Å²) >= 11 is 0. The van der Waals surface area contributed by atoms with Crippen LogP contribution in [-0.2, 0) is 16.0 Å². The molecule has 0 saturated carbocycles. The number of hydrogen-bond acceptors (Lipinski definition) is 5. The van der Waals surface area contributed by atoms with Gasteiger partial charge in [0.25, 0.3) is 0 Å². The average molecular weight is 327 g/mol. The molecule has 0 bridgehead atoms. The number of carbonyl (C=O) groups excluding carboxylic acids is 1. The Morgan fingerprint density at radius 2 is 2.17 bits per heavy atom. The van der Waals surface area contributed by atoms with E-state index in [2.05, 4.69) is 5.10 Å². The third kappa shape index (κ3) is 3.93. The predicted octanol–water partition coefficient (Wildman–Crippen LogP) is 2.89. The van der Waals surface area contributed by atoms with Crippen molar-refractivity contribution < 1.29 is 14.3 Å². The maximum Gasteiger partial charge on any atom is 0.307 e. The Bertz CT molecular complexity index is 774. The number of hydrogen-bond donors (Lipinski definition) is 0. The molecule has 0 radical (unpaired) electrons. The molecule has 0 spiro atoms. The fraction of sp³-hybridized carbons (Fsp3) is 0.389. The van der Waals surface area contributed by atoms with Gasteiger partial charge in [-0.25, -0.2) is 4.68 Å². The predicted molar refractivity (Wildman–Crippen MR) is 89.1 cm³/mol. The van der Waals surface area contributed by atoms with Gasteiger partial charge < -0.3 is 9.47 Å². The van der Waals surface area contributed by atoms with E-state index in [9.17, 15) is 4.79 Å². The minimum absolute atomic E-state index is 0.220. The van der Waals surface area contributed by atoms with Gasteiger partial charge in [0.15, 0.2) is 6.10 Å². The highest BCUT2D eigenvalue weighted by molar-refractivity contribution is 5.70. The molecular weight excluding hydrogens is 306 g/mol. The number of aryl methyl sites for hydroxylation is 1. The van der Waals surface area contributed by atoms with Crippen molar-refractivity contribution in [1.29, 1.82) is 5.26 Å². The quantitative estimate of drug-likeness (QED) is 0.762. The number of nitriles is 1. The Hall–Kier alpha value is -2.81. The maximum atomic E-state index is 11.8. The first-order valence-corrected chi connectivity index (χ1v) is 7.75. The second-order valence-electron chi connectivity index (χ2n) is 5.52. The van der Waals surface area contributed by atoms with E-state index in [1.807, 2.05) is 48.9 Å². The van der Waals surface area contributed by atoms with Crippen LogP contribution in [-0.4, -0.2) is 29.0 Å². The number of methoxy groups -OCH3 is 1. The summed E-state index contributed by atoms with van der Waals surface area (Å²) in [5.74, 6) is 0.382. The zero-order valence-corrected chi connectivity index (χ0v) is 14.4. The molecule has 1 atom stereocenters. The van der Waals surface area contributed by atoms with Gasteiger partial charge in [-0.3, -0.25) is 4.79 Å². The summed E-state index contributed by atoms with van der Waals surface area (Å²) in [5.41, 5.74) is 3.76. The van der Waals surface area contributed by atoms with E-state index >= 15 is 0 Å². The molecule has 6 heteroatoms. The molecule has 0 saturated heterocycles. The number of aromatic nitrogens is 2. The van der Waals surface area contributed by atoms with E-state index in [0.29, 0.717) is 6.42 Å². The van der Waals surface area contributed by atoms with E-state index in [4.69, 9.17) is 14.7 Å². The van der Waals surface area contributed by atoms with E-state index in [-0.39, 0.29) is 12.4 Å². The van der Waals surface area contributed by atoms with Gasteiger partial charge in [-0.1, -0.05) is 6.07 Å². The fourth-order valence-electron chi connectivity index (χ4n) is 2.54. The zero-order chi connectivity index (χ0) is 17.7. The van der Waals surface area contributed by atoms with Crippen molar-refractivity contribution in [3.8, 4) is 17.5 Å². The fourth-order valence-corrected chi connectivity index (χ4v) is 2.54. The zero-order valence-electron chi connectivity index (χ0n) is 14.4. The first-order valence-electron chi connectivity index (χ1n) is 7.75. The highest BCUT2D eigenvalue weighted by atomic mass is 16.5. The van der Waals surface area contributed by atoms with E-state index in [1.54, 1.807) is 14.0 Å². The van der Waals surface area contributed by atoms with Gasteiger partial charge in [0.2, 0.25) is 0 Å². The van der Waals surface area contributed by atoms with Crippen LogP contribution in [0.25, 0.3) is 5.69 Å². The van der Waals surface area contributed by atoms with Gasteiger partial charge in [-0.2, -0.15) is 10.4 Å². The minimum atomic E-state index is -0.723. The molecule has 2 rings (SSSR count). The van der Waals surface area contributed by atoms with E-state index in [1.165, 1.54) is 0 Å². The molecule has 0 fully saturated rings. The summed E-state index contributed by atoms with van der Waals surface area (Å²) in [7, 11) is 1.62. The molecule has 0 amide bonds. The summed E-state index contributed by atoms with van der Waals surface area (Å²) in [4.78, 5) is 11.8. The Kier molecular flexibility index (Phi) is 5.59. The monoisotopic (exact) mass is 327 g/mol. The Balaban J connectivity index is 2.17. The van der Waals surface area contributed by atoms with Gasteiger partial charge in [-0.05, 0) is 44.9 Å². The van der Waals surface area contributed by atoms with Crippen LogP contribution in [0, 0.1) is 25.2 Å². The van der Waals surface area contributed by atoms with Crippen molar-refractivity contribution in [2.75, 3.05) is 7.11 Å². The van der Waals surface area contributed by atoms with Crippen LogP contribution in [0.2, 0.25) is 0 Å². The molecule has 1 aromatic carbocycles. The first kappa shape index (κ1) is 17.5. The lowest BCUT2D eigenvalue weighted by Crippen LogP contribution is -2.13. The third-order valence-corrected chi connectivity index (χ3v) is 3.81. The Morgan fingerprint density at radius 1 is 1.42 bits per heavy atom. The van der Waals surface area contributed by atoms with Crippen molar-refractivity contribution in [3.63, 3.8) is 0 Å². The lowest BCUT2D eigenvalue weighted by atomic mass is 10.1. The molecule has 0 unspecified atom stereocenters. The van der Waals surface area contributed by atoms with Crippen LogP contribution < -0.4 is 4.74 Å². The lowest BCUT2D eigenvalue weighted by molar-refractivity contribution is -0.145. The number of rotatable bonds is 6. The second kappa shape index (κ2) is 7.64. The summed E-state index contributed by atoms with van der Waals surface area (Å²) in [6, 6.07) is 9.53. The van der Waals surface area contributed by atoms with Gasteiger partial charge in [0.1, 0.15) is 11.8 Å². The SMILES string of the molecule is COc1cccc(-n2nc(C)c(CCC(=O)O[C@@H](C)C#N)c2C)c1. The molecule has 24 heavy (non-hydrogen) atoms. The molecule has 0 aliphatic rings. The van der Waals surface area contributed by atoms with Crippen LogP contribution in [0.15, 0.2) is 24.3 Å². The molecule has 6 nitrogen and oxygen atoms in total. The average Bonchev–Trinajstić information content (AvgIpc) is 2.87. The molecule has 0 N–H and O–H groups in total. The van der Waals surface area contributed by atoms with Crippen molar-refractivity contribution in [2.45, 2.75) is 39.7 Å². The Morgan fingerprint density at radius 3 is 2.83 bits per heavy atom. The van der Waals surface area contributed by atoms with Crippen LogP contribution in [0.5, 0.6) is 5.75 Å². The first-order chi connectivity index (χ1) is 11.5. The number of ether oxygens (including phenoxy) is 2. The van der Waals surface area contributed by atoms with Crippen molar-refractivity contribution >= 4 is 5.97 Å². The van der Waals surface area contributed by atoms with Crippen molar-refractivity contribution in [1.82, 2.24) is 9.78 Å². The van der Waals surface area contributed by atoms with Crippen LogP contribution in [0.4, 0.5) is 0 Å². The lowest BCUT2D eigenvalue weighted by Gasteiger charge is -2.08. The largest absolute Gasteiger partial charge is 0.497 e. The normalized spacial score (nSPS) is 11.6. The summed E-state index contributed by atoms with van der Waals surface area (Å²) in [5, 5.41) is 13.2. The molecule has 2 aromatic rings. The maximum absolute atomic E-state index is 11.8. The van der Waals surface area contributed by atoms with E-state index < -0.39 is 6.10 Å². The molecular formula is C18H21N3O3. The molecule has 0 aliphatic heterocycles. The van der Waals surface area contributed by atoms with Gasteiger partial charge in [-0.15, -0.1) is 0 Å². The highest BCUT2D eigenvalue weighted by Gasteiger charge is 2.16. The highest BCUT2D eigenvalue weighted by Crippen LogP contribution is 2.22. The summed E-state index contributed by atoms with van der Waals surface area (Å²) in [6.45, 7) is 5.44. The Labute approximate surface area is 141 Å². The standard InChI is InChI=1S/C18H21N3O3/c1-12(11-19)24-18(22)9-8-17-13(2)20-21(14(17)3)15-6-5-7-16(10-15)23-4/h5-7,10,12H,8-9H2,1-4H3/t12-/m0/s1. The van der Waals surface area contributed by atoms with Gasteiger partial charge >= 0.3 is 5.97 Å². The van der Waals surface area contributed by atoms with Crippen molar-refractivity contribution in [3.05, 3.63) is 41.2 Å². The number of benzene rings is 1. The van der Waals surface area contributed by atoms with Gasteiger partial charge in [0.05, 0.1) is 18.5 Å². The summed E-state index contributed by atoms with van der Waals surface area (Å²) < 4.78 is 12.1. The molecule has 0 aliphatic carbocycles. The van der Waals surface area contributed by atoms with Crippen LogP contribution in [0.3, 0.4) is 0 Å². The summed E-state index contributed by atoms with van der Waals surface area (Å²) in [6.07, 6.45) is 0.0232. The van der Waals surface area contributed by atoms with Crippen LogP contribution >= 0.6 is 0 Å². The number of carbonyl (C=O) groups is 1. The smallest absolute Gasteiger partial charge is 0.307 e. The topological polar surface area (TPSA) is 77.1 Å². The second-order valence-corrected chi connectivity index (χ2v) is 5.52. The number of esters is 1.